The second kappa shape index (κ2) is 7.24. The average Bonchev–Trinajstić information content (AvgIpc) is 3.20. The number of ether oxygens (including phenoxy) is 1. The molecule has 0 unspecified atom stereocenters. The maximum absolute atomic E-state index is 11.5. The van der Waals surface area contributed by atoms with E-state index in [0.717, 1.165) is 49.3 Å². The van der Waals surface area contributed by atoms with Crippen molar-refractivity contribution in [3.05, 3.63) is 29.1 Å². The molecule has 1 saturated heterocycles. The van der Waals surface area contributed by atoms with Gasteiger partial charge in [-0.1, -0.05) is 6.07 Å². The number of benzene rings is 1. The number of H-pyrrole nitrogens is 1. The van der Waals surface area contributed by atoms with Crippen LogP contribution < -0.4 is 5.32 Å². The Kier molecular flexibility index (Phi) is 4.95. The maximum Gasteiger partial charge on any atom is 0.217 e. The Morgan fingerprint density at radius 2 is 2.04 bits per heavy atom. The van der Waals surface area contributed by atoms with Crippen molar-refractivity contribution in [3.8, 4) is 0 Å². The summed E-state index contributed by atoms with van der Waals surface area (Å²) in [5, 5.41) is 3.09. The first kappa shape index (κ1) is 18.4. The second-order valence-electron chi connectivity index (χ2n) is 8.35. The number of likely N-dealkylation sites (tertiary alicyclic amines) is 1. The molecule has 0 bridgehead atoms. The highest BCUT2D eigenvalue weighted by Gasteiger charge is 2.42. The molecule has 27 heavy (non-hydrogen) atoms. The van der Waals surface area contributed by atoms with Crippen molar-refractivity contribution >= 4 is 16.9 Å². The number of hydrogen-bond acceptors (Lipinski definition) is 4. The number of fused-ring (bicyclic) bond motifs is 2. The molecule has 4 atom stereocenters. The molecule has 1 aromatic heterocycles. The van der Waals surface area contributed by atoms with E-state index in [2.05, 4.69) is 41.2 Å². The van der Waals surface area contributed by atoms with E-state index in [0.29, 0.717) is 11.8 Å². The van der Waals surface area contributed by atoms with E-state index < -0.39 is 0 Å². The Morgan fingerprint density at radius 1 is 1.30 bits per heavy atom. The van der Waals surface area contributed by atoms with Gasteiger partial charge in [0.1, 0.15) is 5.82 Å². The average molecular weight is 370 g/mol. The predicted molar refractivity (Wildman–Crippen MR) is 105 cm³/mol. The van der Waals surface area contributed by atoms with Gasteiger partial charge in [-0.2, -0.15) is 0 Å². The molecule has 1 amide bonds. The number of aryl methyl sites for hydroxylation is 2. The van der Waals surface area contributed by atoms with Gasteiger partial charge in [-0.05, 0) is 55.7 Å². The summed E-state index contributed by atoms with van der Waals surface area (Å²) >= 11 is 0. The topological polar surface area (TPSA) is 70.2 Å². The molecular weight excluding hydrogens is 340 g/mol. The highest BCUT2D eigenvalue weighted by Crippen LogP contribution is 2.38. The number of aromatic nitrogens is 2. The lowest BCUT2D eigenvalue weighted by Gasteiger charge is -2.37. The van der Waals surface area contributed by atoms with Crippen LogP contribution in [0.25, 0.3) is 11.0 Å². The van der Waals surface area contributed by atoms with Crippen LogP contribution in [0.2, 0.25) is 0 Å². The highest BCUT2D eigenvalue weighted by molar-refractivity contribution is 5.79. The molecule has 2 fully saturated rings. The van der Waals surface area contributed by atoms with Gasteiger partial charge in [0, 0.05) is 27.1 Å². The molecule has 146 valence electrons. The van der Waals surface area contributed by atoms with Gasteiger partial charge < -0.3 is 15.0 Å². The number of methoxy groups -OCH3 is 1. The lowest BCUT2D eigenvalue weighted by Crippen LogP contribution is -2.49. The Bertz CT molecular complexity index is 846. The van der Waals surface area contributed by atoms with Crippen LogP contribution in [-0.4, -0.2) is 53.1 Å². The van der Waals surface area contributed by atoms with Gasteiger partial charge in [-0.25, -0.2) is 4.98 Å². The van der Waals surface area contributed by atoms with E-state index >= 15 is 0 Å². The molecule has 2 heterocycles. The molecule has 1 aliphatic heterocycles. The molecule has 1 aromatic carbocycles. The molecule has 6 heteroatoms. The minimum Gasteiger partial charge on any atom is -0.379 e. The van der Waals surface area contributed by atoms with Crippen LogP contribution >= 0.6 is 0 Å². The van der Waals surface area contributed by atoms with Gasteiger partial charge >= 0.3 is 0 Å². The molecule has 2 N–H and O–H groups in total. The SMILES string of the molecule is CO[C@@H]1C[C@H]2CN(Cc3nc4c(C)c(C)ccc4[nH]3)C[C@H]2C[C@H]1NC(C)=O. The van der Waals surface area contributed by atoms with Gasteiger partial charge in [0.25, 0.3) is 0 Å². The fourth-order valence-corrected chi connectivity index (χ4v) is 4.96. The van der Waals surface area contributed by atoms with Crippen molar-refractivity contribution in [2.75, 3.05) is 20.2 Å². The normalized spacial score (nSPS) is 28.4. The zero-order valence-electron chi connectivity index (χ0n) is 16.7. The van der Waals surface area contributed by atoms with Gasteiger partial charge in [0.05, 0.1) is 29.7 Å². The first-order chi connectivity index (χ1) is 12.9. The first-order valence-electron chi connectivity index (χ1n) is 9.91. The van der Waals surface area contributed by atoms with Crippen LogP contribution in [0.5, 0.6) is 0 Å². The molecule has 2 aromatic rings. The zero-order valence-corrected chi connectivity index (χ0v) is 16.7. The number of amides is 1. The van der Waals surface area contributed by atoms with Crippen LogP contribution in [-0.2, 0) is 16.1 Å². The summed E-state index contributed by atoms with van der Waals surface area (Å²) < 4.78 is 5.68. The van der Waals surface area contributed by atoms with Gasteiger partial charge in [0.2, 0.25) is 5.91 Å². The van der Waals surface area contributed by atoms with Crippen molar-refractivity contribution < 1.29 is 9.53 Å². The molecule has 2 aliphatic rings. The van der Waals surface area contributed by atoms with Crippen LogP contribution in [0.4, 0.5) is 0 Å². The van der Waals surface area contributed by atoms with E-state index in [4.69, 9.17) is 9.72 Å². The molecule has 0 spiro atoms. The smallest absolute Gasteiger partial charge is 0.217 e. The third-order valence-electron chi connectivity index (χ3n) is 6.48. The maximum atomic E-state index is 11.5. The summed E-state index contributed by atoms with van der Waals surface area (Å²) in [6, 6.07) is 4.40. The van der Waals surface area contributed by atoms with Crippen molar-refractivity contribution in [2.45, 2.75) is 52.3 Å². The number of nitrogens with zero attached hydrogens (tertiary/aromatic N) is 2. The van der Waals surface area contributed by atoms with E-state index in [-0.39, 0.29) is 18.1 Å². The minimum atomic E-state index is 0.0308. The number of hydrogen-bond donors (Lipinski definition) is 2. The second-order valence-corrected chi connectivity index (χ2v) is 8.35. The minimum absolute atomic E-state index is 0.0308. The molecule has 1 aliphatic carbocycles. The molecule has 1 saturated carbocycles. The summed E-state index contributed by atoms with van der Waals surface area (Å²) in [4.78, 5) is 22.4. The molecule has 0 radical (unpaired) electrons. The third-order valence-corrected chi connectivity index (χ3v) is 6.48. The Morgan fingerprint density at radius 3 is 2.74 bits per heavy atom. The zero-order chi connectivity index (χ0) is 19.1. The van der Waals surface area contributed by atoms with Crippen molar-refractivity contribution in [1.29, 1.82) is 0 Å². The molecule has 6 nitrogen and oxygen atoms in total. The van der Waals surface area contributed by atoms with Gasteiger partial charge in [0.15, 0.2) is 0 Å². The fourth-order valence-electron chi connectivity index (χ4n) is 4.96. The van der Waals surface area contributed by atoms with Crippen molar-refractivity contribution in [2.24, 2.45) is 11.8 Å². The highest BCUT2D eigenvalue weighted by atomic mass is 16.5. The Balaban J connectivity index is 1.45. The number of carbonyl (C=O) groups is 1. The number of aromatic amines is 1. The molecule has 4 rings (SSSR count). The lowest BCUT2D eigenvalue weighted by atomic mass is 9.77. The summed E-state index contributed by atoms with van der Waals surface area (Å²) in [5.74, 6) is 2.32. The fraction of sp³-hybridized carbons (Fsp3) is 0.619. The van der Waals surface area contributed by atoms with Crippen LogP contribution in [0.3, 0.4) is 0 Å². The number of rotatable bonds is 4. The Labute approximate surface area is 160 Å². The van der Waals surface area contributed by atoms with Crippen molar-refractivity contribution in [1.82, 2.24) is 20.2 Å². The summed E-state index contributed by atoms with van der Waals surface area (Å²) in [7, 11) is 1.76. The van der Waals surface area contributed by atoms with Gasteiger partial charge in [-0.3, -0.25) is 9.69 Å². The third kappa shape index (κ3) is 3.60. The van der Waals surface area contributed by atoms with E-state index in [1.807, 2.05) is 0 Å². The monoisotopic (exact) mass is 370 g/mol. The Hall–Kier alpha value is -1.92. The van der Waals surface area contributed by atoms with Gasteiger partial charge in [-0.15, -0.1) is 0 Å². The predicted octanol–water partition coefficient (Wildman–Crippen LogP) is 2.54. The number of nitrogens with one attached hydrogen (secondary N) is 2. The molecular formula is C21H30N4O2. The lowest BCUT2D eigenvalue weighted by molar-refractivity contribution is -0.121. The van der Waals surface area contributed by atoms with Crippen LogP contribution in [0, 0.1) is 25.7 Å². The van der Waals surface area contributed by atoms with E-state index in [1.165, 1.54) is 11.1 Å². The van der Waals surface area contributed by atoms with E-state index in [1.54, 1.807) is 14.0 Å². The van der Waals surface area contributed by atoms with Crippen LogP contribution in [0.1, 0.15) is 36.7 Å². The van der Waals surface area contributed by atoms with Crippen LogP contribution in [0.15, 0.2) is 12.1 Å². The number of imidazole rings is 1. The number of carbonyl (C=O) groups excluding carboxylic acids is 1. The summed E-state index contributed by atoms with van der Waals surface area (Å²) in [5.41, 5.74) is 4.75. The summed E-state index contributed by atoms with van der Waals surface area (Å²) in [6.07, 6.45) is 2.13. The first-order valence-corrected chi connectivity index (χ1v) is 9.91. The van der Waals surface area contributed by atoms with E-state index in [9.17, 15) is 4.79 Å². The largest absolute Gasteiger partial charge is 0.379 e. The van der Waals surface area contributed by atoms with Crippen molar-refractivity contribution in [3.63, 3.8) is 0 Å². The summed E-state index contributed by atoms with van der Waals surface area (Å²) in [6.45, 7) is 8.85. The quantitative estimate of drug-likeness (QED) is 0.868. The standard InChI is InChI=1S/C21H30N4O2/c1-12-5-6-17-21(13(12)2)24-20(23-17)11-25-9-15-7-18(22-14(3)26)19(27-4)8-16(15)10-25/h5-6,15-16,18-19H,7-11H2,1-4H3,(H,22,26)(H,23,24)/t15-,16+,18-,19-/m1/s1.